The lowest BCUT2D eigenvalue weighted by Gasteiger charge is -2.26. The number of nitro groups is 1. The van der Waals surface area contributed by atoms with Crippen molar-refractivity contribution in [1.29, 1.82) is 0 Å². The average molecular weight is 331 g/mol. The molecule has 1 amide bonds. The van der Waals surface area contributed by atoms with E-state index in [2.05, 4.69) is 21.2 Å². The third-order valence-electron chi connectivity index (χ3n) is 2.66. The van der Waals surface area contributed by atoms with Crippen molar-refractivity contribution in [2.45, 2.75) is 24.3 Å². The van der Waals surface area contributed by atoms with Crippen molar-refractivity contribution in [2.75, 3.05) is 7.11 Å². The molecular weight excluding hydrogens is 316 g/mol. The first-order valence-electron chi connectivity index (χ1n) is 5.53. The first kappa shape index (κ1) is 15.4. The second-order valence-electron chi connectivity index (χ2n) is 4.19. The number of carbonyl (C=O) groups is 1. The quantitative estimate of drug-likeness (QED) is 0.388. The molecule has 6 nitrogen and oxygen atoms in total. The van der Waals surface area contributed by atoms with Gasteiger partial charge in [0.2, 0.25) is 5.91 Å². The molecule has 19 heavy (non-hydrogen) atoms. The smallest absolute Gasteiger partial charge is 0.295 e. The van der Waals surface area contributed by atoms with Crippen LogP contribution in [0.2, 0.25) is 0 Å². The number of halogens is 1. The summed E-state index contributed by atoms with van der Waals surface area (Å²) < 4.78 is 3.58. The Bertz CT molecular complexity index is 490. The van der Waals surface area contributed by atoms with Gasteiger partial charge < -0.3 is 10.1 Å². The van der Waals surface area contributed by atoms with E-state index in [0.717, 1.165) is 0 Å². The number of hydrogen-bond acceptors (Lipinski definition) is 4. The van der Waals surface area contributed by atoms with Gasteiger partial charge in [0.1, 0.15) is 11.8 Å². The molecule has 0 spiro atoms. The van der Waals surface area contributed by atoms with Gasteiger partial charge in [0.15, 0.2) is 0 Å². The van der Waals surface area contributed by atoms with E-state index in [-0.39, 0.29) is 5.91 Å². The van der Waals surface area contributed by atoms with Gasteiger partial charge in [-0.25, -0.2) is 0 Å². The molecule has 0 heterocycles. The monoisotopic (exact) mass is 330 g/mol. The summed E-state index contributed by atoms with van der Waals surface area (Å²) in [5, 5.41) is 13.7. The number of alkyl halides is 1. The lowest BCUT2D eigenvalue weighted by molar-refractivity contribution is -0.536. The topological polar surface area (TPSA) is 81.5 Å². The maximum Gasteiger partial charge on any atom is 0.295 e. The fourth-order valence-corrected chi connectivity index (χ4v) is 2.03. The molecule has 0 aliphatic rings. The van der Waals surface area contributed by atoms with Crippen molar-refractivity contribution in [3.05, 3.63) is 39.9 Å². The number of hydrogen-bond donors (Lipinski definition) is 1. The van der Waals surface area contributed by atoms with Gasteiger partial charge in [0, 0.05) is 34.7 Å². The van der Waals surface area contributed by atoms with Crippen LogP contribution >= 0.6 is 15.9 Å². The van der Waals surface area contributed by atoms with Crippen LogP contribution in [-0.4, -0.2) is 22.4 Å². The van der Waals surface area contributed by atoms with Crippen LogP contribution in [0.15, 0.2) is 24.3 Å². The highest BCUT2D eigenvalue weighted by Crippen LogP contribution is 2.35. The summed E-state index contributed by atoms with van der Waals surface area (Å²) in [5.41, 5.74) is 0.589. The molecule has 0 aliphatic heterocycles. The van der Waals surface area contributed by atoms with Crippen molar-refractivity contribution in [3.63, 3.8) is 0 Å². The molecule has 7 heteroatoms. The van der Waals surface area contributed by atoms with Gasteiger partial charge in [-0.3, -0.25) is 14.9 Å². The SMILES string of the molecule is COc1cccc(C(NC(C)=O)C(C)(Br)[N+](=O)[O-])c1. The maximum atomic E-state index is 11.3. The highest BCUT2D eigenvalue weighted by Gasteiger charge is 2.45. The number of nitrogens with zero attached hydrogens (tertiary/aromatic N) is 1. The molecule has 0 radical (unpaired) electrons. The number of carbonyl (C=O) groups excluding carboxylic acids is 1. The summed E-state index contributed by atoms with van der Waals surface area (Å²) in [6.45, 7) is 2.71. The van der Waals surface area contributed by atoms with E-state index >= 15 is 0 Å². The van der Waals surface area contributed by atoms with E-state index in [1.807, 2.05) is 0 Å². The first-order chi connectivity index (χ1) is 8.78. The Morgan fingerprint density at radius 1 is 1.58 bits per heavy atom. The van der Waals surface area contributed by atoms with Gasteiger partial charge in [-0.15, -0.1) is 0 Å². The second kappa shape index (κ2) is 6.01. The Balaban J connectivity index is 3.23. The lowest BCUT2D eigenvalue weighted by atomic mass is 10.0. The fraction of sp³-hybridized carbons (Fsp3) is 0.417. The van der Waals surface area contributed by atoms with Crippen molar-refractivity contribution < 1.29 is 14.5 Å². The molecule has 0 aromatic heterocycles. The van der Waals surface area contributed by atoms with Crippen LogP contribution in [0.4, 0.5) is 0 Å². The molecule has 1 aromatic carbocycles. The molecule has 0 saturated carbocycles. The van der Waals surface area contributed by atoms with Crippen LogP contribution in [0.25, 0.3) is 0 Å². The zero-order valence-corrected chi connectivity index (χ0v) is 12.4. The summed E-state index contributed by atoms with van der Waals surface area (Å²) in [6, 6.07) is 5.99. The van der Waals surface area contributed by atoms with Gasteiger partial charge in [-0.05, 0) is 17.7 Å². The predicted molar refractivity (Wildman–Crippen MR) is 73.9 cm³/mol. The van der Waals surface area contributed by atoms with E-state index < -0.39 is 15.4 Å². The standard InChI is InChI=1S/C12H15BrN2O4/c1-8(16)14-11(12(2,13)15(17)18)9-5-4-6-10(7-9)19-3/h4-7,11H,1-3H3,(H,14,16). The van der Waals surface area contributed by atoms with Gasteiger partial charge in [0.25, 0.3) is 4.45 Å². The van der Waals surface area contributed by atoms with Gasteiger partial charge in [0.05, 0.1) is 7.11 Å². The van der Waals surface area contributed by atoms with Crippen LogP contribution in [0, 0.1) is 10.1 Å². The molecule has 0 aliphatic carbocycles. The van der Waals surface area contributed by atoms with Crippen LogP contribution < -0.4 is 10.1 Å². The molecule has 0 bridgehead atoms. The Kier molecular flexibility index (Phi) is 4.88. The molecular formula is C12H15BrN2O4. The zero-order chi connectivity index (χ0) is 14.6. The minimum atomic E-state index is -1.51. The van der Waals surface area contributed by atoms with Crippen molar-refractivity contribution in [3.8, 4) is 5.75 Å². The van der Waals surface area contributed by atoms with Gasteiger partial charge in [-0.2, -0.15) is 0 Å². The minimum Gasteiger partial charge on any atom is -0.497 e. The van der Waals surface area contributed by atoms with Crippen molar-refractivity contribution in [1.82, 2.24) is 5.32 Å². The number of benzene rings is 1. The molecule has 104 valence electrons. The van der Waals surface area contributed by atoms with E-state index in [4.69, 9.17) is 4.74 Å². The average Bonchev–Trinajstić information content (AvgIpc) is 2.35. The number of rotatable bonds is 5. The predicted octanol–water partition coefficient (Wildman–Crippen LogP) is 2.26. The maximum absolute atomic E-state index is 11.3. The minimum absolute atomic E-state index is 0.347. The van der Waals surface area contributed by atoms with E-state index in [1.54, 1.807) is 24.3 Å². The van der Waals surface area contributed by atoms with Gasteiger partial charge in [-0.1, -0.05) is 12.1 Å². The number of nitrogens with one attached hydrogen (secondary N) is 1. The largest absolute Gasteiger partial charge is 0.497 e. The summed E-state index contributed by atoms with van der Waals surface area (Å²) in [7, 11) is 1.51. The highest BCUT2D eigenvalue weighted by molar-refractivity contribution is 9.10. The van der Waals surface area contributed by atoms with Crippen molar-refractivity contribution in [2.24, 2.45) is 0 Å². The highest BCUT2D eigenvalue weighted by atomic mass is 79.9. The van der Waals surface area contributed by atoms with Crippen LogP contribution in [0.1, 0.15) is 25.5 Å². The normalized spacial score (nSPS) is 15.2. The zero-order valence-electron chi connectivity index (χ0n) is 10.8. The number of amides is 1. The summed E-state index contributed by atoms with van der Waals surface area (Å²) in [6.07, 6.45) is 0. The third kappa shape index (κ3) is 3.66. The summed E-state index contributed by atoms with van der Waals surface area (Å²) in [5.74, 6) is 0.222. The Morgan fingerprint density at radius 2 is 2.21 bits per heavy atom. The molecule has 1 N–H and O–H groups in total. The Labute approximate surface area is 119 Å². The molecule has 2 unspecified atom stereocenters. The Morgan fingerprint density at radius 3 is 2.68 bits per heavy atom. The lowest BCUT2D eigenvalue weighted by Crippen LogP contribution is -2.44. The fourth-order valence-electron chi connectivity index (χ4n) is 1.65. The molecule has 0 saturated heterocycles. The number of methoxy groups -OCH3 is 1. The molecule has 2 atom stereocenters. The summed E-state index contributed by atoms with van der Waals surface area (Å²) in [4.78, 5) is 21.9. The second-order valence-corrected chi connectivity index (χ2v) is 5.80. The first-order valence-corrected chi connectivity index (χ1v) is 6.32. The van der Waals surface area contributed by atoms with E-state index in [1.165, 1.54) is 21.0 Å². The third-order valence-corrected chi connectivity index (χ3v) is 3.41. The molecule has 1 aromatic rings. The van der Waals surface area contributed by atoms with E-state index in [9.17, 15) is 14.9 Å². The molecule has 1 rings (SSSR count). The van der Waals surface area contributed by atoms with Crippen LogP contribution in [0.3, 0.4) is 0 Å². The number of ether oxygens (including phenoxy) is 1. The van der Waals surface area contributed by atoms with E-state index in [0.29, 0.717) is 11.3 Å². The summed E-state index contributed by atoms with van der Waals surface area (Å²) >= 11 is 3.07. The molecule has 0 fully saturated rings. The van der Waals surface area contributed by atoms with Gasteiger partial charge >= 0.3 is 0 Å². The van der Waals surface area contributed by atoms with Crippen LogP contribution in [0.5, 0.6) is 5.75 Å². The van der Waals surface area contributed by atoms with Crippen LogP contribution in [-0.2, 0) is 4.79 Å². The van der Waals surface area contributed by atoms with Crippen molar-refractivity contribution >= 4 is 21.8 Å². The Hall–Kier alpha value is -1.63.